The standard InChI is InChI=1S/C16H26N2S/c1-13-12-18(3)14(2)11-16(13)17-9-10-19-15-7-5-4-6-8-15/h4-8,13-14,16-17H,9-12H2,1-3H3. The molecule has 1 aliphatic heterocycles. The number of piperidine rings is 1. The van der Waals surface area contributed by atoms with Gasteiger partial charge in [-0.2, -0.15) is 0 Å². The normalized spacial score (nSPS) is 28.5. The third-order valence-electron chi connectivity index (χ3n) is 4.13. The molecule has 2 nitrogen and oxygen atoms in total. The van der Waals surface area contributed by atoms with Gasteiger partial charge >= 0.3 is 0 Å². The first-order valence-electron chi connectivity index (χ1n) is 7.28. The molecular weight excluding hydrogens is 252 g/mol. The summed E-state index contributed by atoms with van der Waals surface area (Å²) >= 11 is 1.94. The Balaban J connectivity index is 1.68. The van der Waals surface area contributed by atoms with E-state index in [0.717, 1.165) is 18.2 Å². The summed E-state index contributed by atoms with van der Waals surface area (Å²) < 4.78 is 0. The van der Waals surface area contributed by atoms with Gasteiger partial charge in [0.25, 0.3) is 0 Å². The lowest BCUT2D eigenvalue weighted by molar-refractivity contribution is 0.123. The zero-order valence-electron chi connectivity index (χ0n) is 12.3. The van der Waals surface area contributed by atoms with Crippen molar-refractivity contribution in [3.63, 3.8) is 0 Å². The molecule has 2 rings (SSSR count). The Kier molecular flexibility index (Phi) is 5.74. The molecule has 106 valence electrons. The van der Waals surface area contributed by atoms with Crippen molar-refractivity contribution in [2.24, 2.45) is 5.92 Å². The Hall–Kier alpha value is -0.510. The lowest BCUT2D eigenvalue weighted by atomic mass is 9.90. The summed E-state index contributed by atoms with van der Waals surface area (Å²) in [5.74, 6) is 1.90. The summed E-state index contributed by atoms with van der Waals surface area (Å²) in [5, 5.41) is 3.75. The van der Waals surface area contributed by atoms with E-state index in [4.69, 9.17) is 0 Å². The molecule has 19 heavy (non-hydrogen) atoms. The lowest BCUT2D eigenvalue weighted by Gasteiger charge is -2.40. The van der Waals surface area contributed by atoms with Crippen LogP contribution in [0.25, 0.3) is 0 Å². The van der Waals surface area contributed by atoms with E-state index in [2.05, 4.69) is 61.4 Å². The maximum absolute atomic E-state index is 3.75. The number of hydrogen-bond acceptors (Lipinski definition) is 3. The molecule has 3 unspecified atom stereocenters. The minimum Gasteiger partial charge on any atom is -0.313 e. The van der Waals surface area contributed by atoms with Gasteiger partial charge in [-0.3, -0.25) is 0 Å². The van der Waals surface area contributed by atoms with Crippen molar-refractivity contribution in [3.05, 3.63) is 30.3 Å². The van der Waals surface area contributed by atoms with Crippen LogP contribution in [-0.2, 0) is 0 Å². The molecule has 0 spiro atoms. The maximum Gasteiger partial charge on any atom is 0.0120 e. The van der Waals surface area contributed by atoms with Gasteiger partial charge < -0.3 is 10.2 Å². The molecule has 0 amide bonds. The molecule has 1 N–H and O–H groups in total. The van der Waals surface area contributed by atoms with Crippen LogP contribution >= 0.6 is 11.8 Å². The van der Waals surface area contributed by atoms with E-state index in [1.54, 1.807) is 0 Å². The molecule has 0 aromatic heterocycles. The molecule has 0 saturated carbocycles. The van der Waals surface area contributed by atoms with Gasteiger partial charge in [0.2, 0.25) is 0 Å². The Bertz CT molecular complexity index is 368. The van der Waals surface area contributed by atoms with Crippen molar-refractivity contribution in [1.29, 1.82) is 0 Å². The van der Waals surface area contributed by atoms with Crippen LogP contribution in [0.15, 0.2) is 35.2 Å². The van der Waals surface area contributed by atoms with Crippen LogP contribution in [0.1, 0.15) is 20.3 Å². The highest BCUT2D eigenvalue weighted by Gasteiger charge is 2.28. The zero-order chi connectivity index (χ0) is 13.7. The smallest absolute Gasteiger partial charge is 0.0120 e. The summed E-state index contributed by atoms with van der Waals surface area (Å²) in [6, 6.07) is 12.0. The molecule has 0 bridgehead atoms. The summed E-state index contributed by atoms with van der Waals surface area (Å²) in [6.45, 7) is 7.01. The highest BCUT2D eigenvalue weighted by atomic mass is 32.2. The minimum absolute atomic E-state index is 0.683. The SMILES string of the molecule is CC1CN(C)C(C)CC1NCCSc1ccccc1. The molecule has 3 atom stereocenters. The van der Waals surface area contributed by atoms with E-state index in [-0.39, 0.29) is 0 Å². The van der Waals surface area contributed by atoms with Crippen LogP contribution in [-0.4, -0.2) is 42.9 Å². The first-order valence-corrected chi connectivity index (χ1v) is 8.27. The van der Waals surface area contributed by atoms with E-state index < -0.39 is 0 Å². The van der Waals surface area contributed by atoms with Crippen molar-refractivity contribution in [1.82, 2.24) is 10.2 Å². The molecule has 1 aromatic rings. The maximum atomic E-state index is 3.75. The first kappa shape index (κ1) is 14.9. The van der Waals surface area contributed by atoms with Crippen LogP contribution in [0.5, 0.6) is 0 Å². The van der Waals surface area contributed by atoms with E-state index in [1.165, 1.54) is 17.9 Å². The molecule has 0 aliphatic carbocycles. The Morgan fingerprint density at radius 2 is 2.00 bits per heavy atom. The predicted octanol–water partition coefficient (Wildman–Crippen LogP) is 3.10. The fourth-order valence-electron chi connectivity index (χ4n) is 2.76. The number of hydrogen-bond donors (Lipinski definition) is 1. The fourth-order valence-corrected chi connectivity index (χ4v) is 3.56. The quantitative estimate of drug-likeness (QED) is 0.658. The third kappa shape index (κ3) is 4.51. The Labute approximate surface area is 122 Å². The highest BCUT2D eigenvalue weighted by molar-refractivity contribution is 7.99. The van der Waals surface area contributed by atoms with Gasteiger partial charge in [-0.1, -0.05) is 25.1 Å². The van der Waals surface area contributed by atoms with Crippen LogP contribution in [0.2, 0.25) is 0 Å². The molecule has 1 aromatic carbocycles. The van der Waals surface area contributed by atoms with Gasteiger partial charge in [-0.15, -0.1) is 11.8 Å². The summed E-state index contributed by atoms with van der Waals surface area (Å²) in [6.07, 6.45) is 1.27. The van der Waals surface area contributed by atoms with Gasteiger partial charge in [0, 0.05) is 35.8 Å². The van der Waals surface area contributed by atoms with E-state index in [0.29, 0.717) is 12.1 Å². The average molecular weight is 278 g/mol. The number of rotatable bonds is 5. The third-order valence-corrected chi connectivity index (χ3v) is 5.14. The van der Waals surface area contributed by atoms with Crippen molar-refractivity contribution >= 4 is 11.8 Å². The second-order valence-corrected chi connectivity index (χ2v) is 6.89. The first-order chi connectivity index (χ1) is 9.16. The second-order valence-electron chi connectivity index (χ2n) is 5.72. The van der Waals surface area contributed by atoms with Gasteiger partial charge in [-0.25, -0.2) is 0 Å². The zero-order valence-corrected chi connectivity index (χ0v) is 13.1. The number of likely N-dealkylation sites (tertiary alicyclic amines) is 1. The van der Waals surface area contributed by atoms with E-state index in [1.807, 2.05) is 11.8 Å². The number of nitrogens with zero attached hydrogens (tertiary/aromatic N) is 1. The number of thioether (sulfide) groups is 1. The van der Waals surface area contributed by atoms with E-state index in [9.17, 15) is 0 Å². The van der Waals surface area contributed by atoms with Crippen LogP contribution in [0.4, 0.5) is 0 Å². The number of nitrogens with one attached hydrogen (secondary N) is 1. The molecule has 1 aliphatic rings. The molecule has 0 radical (unpaired) electrons. The highest BCUT2D eigenvalue weighted by Crippen LogP contribution is 2.21. The van der Waals surface area contributed by atoms with Crippen molar-refractivity contribution in [2.75, 3.05) is 25.9 Å². The van der Waals surface area contributed by atoms with Gasteiger partial charge in [0.15, 0.2) is 0 Å². The van der Waals surface area contributed by atoms with E-state index >= 15 is 0 Å². The van der Waals surface area contributed by atoms with Crippen molar-refractivity contribution < 1.29 is 0 Å². The lowest BCUT2D eigenvalue weighted by Crippen LogP contribution is -2.51. The summed E-state index contributed by atoms with van der Waals surface area (Å²) in [5.41, 5.74) is 0. The van der Waals surface area contributed by atoms with Crippen LogP contribution in [0.3, 0.4) is 0 Å². The second kappa shape index (κ2) is 7.32. The van der Waals surface area contributed by atoms with Crippen molar-refractivity contribution in [3.8, 4) is 0 Å². The van der Waals surface area contributed by atoms with Gasteiger partial charge in [0.05, 0.1) is 0 Å². The Morgan fingerprint density at radius 1 is 1.26 bits per heavy atom. The topological polar surface area (TPSA) is 15.3 Å². The molecular formula is C16H26N2S. The number of benzene rings is 1. The largest absolute Gasteiger partial charge is 0.313 e. The fraction of sp³-hybridized carbons (Fsp3) is 0.625. The summed E-state index contributed by atoms with van der Waals surface area (Å²) in [7, 11) is 2.24. The predicted molar refractivity (Wildman–Crippen MR) is 84.8 cm³/mol. The van der Waals surface area contributed by atoms with Crippen molar-refractivity contribution in [2.45, 2.75) is 37.2 Å². The minimum atomic E-state index is 0.683. The average Bonchev–Trinajstić information content (AvgIpc) is 2.41. The monoisotopic (exact) mass is 278 g/mol. The molecule has 1 heterocycles. The van der Waals surface area contributed by atoms with Gasteiger partial charge in [-0.05, 0) is 38.4 Å². The molecule has 1 saturated heterocycles. The van der Waals surface area contributed by atoms with Crippen LogP contribution in [0, 0.1) is 5.92 Å². The van der Waals surface area contributed by atoms with Gasteiger partial charge in [0.1, 0.15) is 0 Å². The Morgan fingerprint density at radius 3 is 2.74 bits per heavy atom. The van der Waals surface area contributed by atoms with Crippen LogP contribution < -0.4 is 5.32 Å². The molecule has 1 fully saturated rings. The summed E-state index contributed by atoms with van der Waals surface area (Å²) in [4.78, 5) is 3.84. The molecule has 3 heteroatoms.